The molecule has 17 heavy (non-hydrogen) atoms. The first-order valence-corrected chi connectivity index (χ1v) is 6.62. The Kier molecular flexibility index (Phi) is 3.48. The summed E-state index contributed by atoms with van der Waals surface area (Å²) >= 11 is 1.75. The molecule has 0 unspecified atom stereocenters. The predicted molar refractivity (Wildman–Crippen MR) is 75.1 cm³/mol. The first-order valence-electron chi connectivity index (χ1n) is 5.80. The fraction of sp³-hybridized carbons (Fsp3) is 0.357. The molecule has 0 fully saturated rings. The molecule has 1 aromatic carbocycles. The van der Waals surface area contributed by atoms with E-state index in [2.05, 4.69) is 49.3 Å². The molecule has 1 N–H and O–H groups in total. The number of aromatic nitrogens is 1. The standard InChI is InChI=1S/C14H18N2S/c1-9-5-6-12(10(2)7-9)8-13-11(3)16-14(15-4)17-13/h5-7H,8H2,1-4H3,(H,15,16). The maximum Gasteiger partial charge on any atom is 0.182 e. The Labute approximate surface area is 107 Å². The summed E-state index contributed by atoms with van der Waals surface area (Å²) < 4.78 is 0. The van der Waals surface area contributed by atoms with E-state index in [0.29, 0.717) is 0 Å². The molecule has 0 bridgehead atoms. The van der Waals surface area contributed by atoms with Crippen molar-refractivity contribution in [3.63, 3.8) is 0 Å². The second-order valence-electron chi connectivity index (χ2n) is 4.38. The van der Waals surface area contributed by atoms with Crippen LogP contribution < -0.4 is 5.32 Å². The molecule has 2 rings (SSSR count). The summed E-state index contributed by atoms with van der Waals surface area (Å²) in [6, 6.07) is 6.64. The highest BCUT2D eigenvalue weighted by Gasteiger charge is 2.08. The SMILES string of the molecule is CNc1nc(C)c(Cc2ccc(C)cc2C)s1. The van der Waals surface area contributed by atoms with Gasteiger partial charge in [-0.2, -0.15) is 0 Å². The normalized spacial score (nSPS) is 10.6. The molecule has 0 amide bonds. The molecule has 0 atom stereocenters. The van der Waals surface area contributed by atoms with Crippen molar-refractivity contribution in [1.29, 1.82) is 0 Å². The first kappa shape index (κ1) is 12.1. The molecule has 2 nitrogen and oxygen atoms in total. The predicted octanol–water partition coefficient (Wildman–Crippen LogP) is 3.70. The Bertz CT molecular complexity index is 529. The Hall–Kier alpha value is -1.35. The van der Waals surface area contributed by atoms with Crippen LogP contribution in [0.3, 0.4) is 0 Å². The van der Waals surface area contributed by atoms with Crippen LogP contribution in [-0.4, -0.2) is 12.0 Å². The van der Waals surface area contributed by atoms with Crippen molar-refractivity contribution in [3.05, 3.63) is 45.5 Å². The van der Waals surface area contributed by atoms with E-state index in [1.165, 1.54) is 21.6 Å². The van der Waals surface area contributed by atoms with Crippen LogP contribution in [0.1, 0.15) is 27.3 Å². The average molecular weight is 246 g/mol. The van der Waals surface area contributed by atoms with Gasteiger partial charge >= 0.3 is 0 Å². The molecule has 0 aliphatic heterocycles. The molecule has 1 heterocycles. The third-order valence-electron chi connectivity index (χ3n) is 2.96. The van der Waals surface area contributed by atoms with Crippen molar-refractivity contribution in [1.82, 2.24) is 4.98 Å². The molecule has 0 aliphatic carbocycles. The molecule has 90 valence electrons. The molecular formula is C14H18N2S. The Balaban J connectivity index is 2.27. The van der Waals surface area contributed by atoms with Gasteiger partial charge in [-0.25, -0.2) is 4.98 Å². The van der Waals surface area contributed by atoms with Crippen LogP contribution in [0.4, 0.5) is 5.13 Å². The summed E-state index contributed by atoms with van der Waals surface area (Å²) in [5, 5.41) is 4.11. The number of hydrogen-bond acceptors (Lipinski definition) is 3. The van der Waals surface area contributed by atoms with Crippen LogP contribution in [0.25, 0.3) is 0 Å². The van der Waals surface area contributed by atoms with Gasteiger partial charge in [-0.1, -0.05) is 23.8 Å². The van der Waals surface area contributed by atoms with Crippen molar-refractivity contribution in [3.8, 4) is 0 Å². The van der Waals surface area contributed by atoms with Gasteiger partial charge in [0.15, 0.2) is 5.13 Å². The van der Waals surface area contributed by atoms with Crippen LogP contribution in [-0.2, 0) is 6.42 Å². The van der Waals surface area contributed by atoms with E-state index >= 15 is 0 Å². The van der Waals surface area contributed by atoms with Gasteiger partial charge in [0.2, 0.25) is 0 Å². The topological polar surface area (TPSA) is 24.9 Å². The van der Waals surface area contributed by atoms with Gasteiger partial charge in [-0.3, -0.25) is 0 Å². The lowest BCUT2D eigenvalue weighted by atomic mass is 10.0. The van der Waals surface area contributed by atoms with Gasteiger partial charge < -0.3 is 5.32 Å². The second kappa shape index (κ2) is 4.88. The molecule has 1 aromatic heterocycles. The minimum atomic E-state index is 0.983. The highest BCUT2D eigenvalue weighted by Crippen LogP contribution is 2.26. The number of benzene rings is 1. The van der Waals surface area contributed by atoms with Crippen LogP contribution in [0.5, 0.6) is 0 Å². The molecule has 0 saturated heterocycles. The van der Waals surface area contributed by atoms with E-state index in [1.807, 2.05) is 7.05 Å². The van der Waals surface area contributed by atoms with Crippen LogP contribution in [0.15, 0.2) is 18.2 Å². The van der Waals surface area contributed by atoms with E-state index in [0.717, 1.165) is 17.2 Å². The summed E-state index contributed by atoms with van der Waals surface area (Å²) in [6.07, 6.45) is 0.983. The molecule has 3 heteroatoms. The number of aryl methyl sites for hydroxylation is 3. The first-order chi connectivity index (χ1) is 8.10. The quantitative estimate of drug-likeness (QED) is 0.893. The summed E-state index contributed by atoms with van der Waals surface area (Å²) in [7, 11) is 1.92. The summed E-state index contributed by atoms with van der Waals surface area (Å²) in [4.78, 5) is 5.83. The maximum absolute atomic E-state index is 4.48. The Morgan fingerprint density at radius 3 is 2.59 bits per heavy atom. The van der Waals surface area contributed by atoms with Crippen molar-refractivity contribution in [2.45, 2.75) is 27.2 Å². The van der Waals surface area contributed by atoms with Crippen molar-refractivity contribution < 1.29 is 0 Å². The maximum atomic E-state index is 4.48. The van der Waals surface area contributed by atoms with Gasteiger partial charge in [0, 0.05) is 18.3 Å². The van der Waals surface area contributed by atoms with Crippen LogP contribution in [0, 0.1) is 20.8 Å². The van der Waals surface area contributed by atoms with Crippen LogP contribution in [0.2, 0.25) is 0 Å². The lowest BCUT2D eigenvalue weighted by molar-refractivity contribution is 1.12. The number of rotatable bonds is 3. The minimum Gasteiger partial charge on any atom is -0.365 e. The van der Waals surface area contributed by atoms with Crippen molar-refractivity contribution in [2.24, 2.45) is 0 Å². The smallest absolute Gasteiger partial charge is 0.182 e. The third-order valence-corrected chi connectivity index (χ3v) is 4.13. The van der Waals surface area contributed by atoms with Gasteiger partial charge in [0.25, 0.3) is 0 Å². The lowest BCUT2D eigenvalue weighted by Crippen LogP contribution is -1.92. The van der Waals surface area contributed by atoms with Crippen LogP contribution >= 0.6 is 11.3 Å². The Morgan fingerprint density at radius 2 is 2.00 bits per heavy atom. The highest BCUT2D eigenvalue weighted by molar-refractivity contribution is 7.15. The number of anilines is 1. The van der Waals surface area contributed by atoms with Crippen molar-refractivity contribution in [2.75, 3.05) is 12.4 Å². The Morgan fingerprint density at radius 1 is 1.24 bits per heavy atom. The zero-order chi connectivity index (χ0) is 12.4. The van der Waals surface area contributed by atoms with Gasteiger partial charge in [0.05, 0.1) is 5.69 Å². The zero-order valence-electron chi connectivity index (χ0n) is 10.8. The molecule has 0 aliphatic rings. The molecule has 0 radical (unpaired) electrons. The van der Waals surface area contributed by atoms with Crippen molar-refractivity contribution >= 4 is 16.5 Å². The number of thiazole rings is 1. The number of nitrogens with one attached hydrogen (secondary N) is 1. The lowest BCUT2D eigenvalue weighted by Gasteiger charge is -2.05. The van der Waals surface area contributed by atoms with E-state index in [4.69, 9.17) is 0 Å². The van der Waals surface area contributed by atoms with Gasteiger partial charge in [-0.05, 0) is 31.9 Å². The largest absolute Gasteiger partial charge is 0.365 e. The minimum absolute atomic E-state index is 0.983. The van der Waals surface area contributed by atoms with E-state index < -0.39 is 0 Å². The molecule has 0 saturated carbocycles. The van der Waals surface area contributed by atoms with E-state index in [1.54, 1.807) is 11.3 Å². The second-order valence-corrected chi connectivity index (χ2v) is 5.47. The zero-order valence-corrected chi connectivity index (χ0v) is 11.6. The molecule has 0 spiro atoms. The monoisotopic (exact) mass is 246 g/mol. The van der Waals surface area contributed by atoms with E-state index in [-0.39, 0.29) is 0 Å². The third kappa shape index (κ3) is 2.67. The summed E-state index contributed by atoms with van der Waals surface area (Å²) in [6.45, 7) is 6.39. The molecular weight excluding hydrogens is 228 g/mol. The number of hydrogen-bond donors (Lipinski definition) is 1. The molecule has 2 aromatic rings. The summed E-state index contributed by atoms with van der Waals surface area (Å²) in [5.74, 6) is 0. The summed E-state index contributed by atoms with van der Waals surface area (Å²) in [5.41, 5.74) is 5.22. The van der Waals surface area contributed by atoms with Gasteiger partial charge in [-0.15, -0.1) is 11.3 Å². The van der Waals surface area contributed by atoms with Gasteiger partial charge in [0.1, 0.15) is 0 Å². The van der Waals surface area contributed by atoms with E-state index in [9.17, 15) is 0 Å². The fourth-order valence-electron chi connectivity index (χ4n) is 1.92. The average Bonchev–Trinajstić information content (AvgIpc) is 2.64. The highest BCUT2D eigenvalue weighted by atomic mass is 32.1. The fourth-order valence-corrected chi connectivity index (χ4v) is 2.86. The number of nitrogens with zero attached hydrogens (tertiary/aromatic N) is 1.